The van der Waals surface area contributed by atoms with Gasteiger partial charge in [0, 0.05) is 27.8 Å². The Kier molecular flexibility index (Phi) is 6.73. The van der Waals surface area contributed by atoms with Crippen molar-refractivity contribution in [1.29, 1.82) is 0 Å². The van der Waals surface area contributed by atoms with Gasteiger partial charge in [-0.2, -0.15) is 0 Å². The van der Waals surface area contributed by atoms with Crippen LogP contribution in [0, 0.1) is 0 Å². The van der Waals surface area contributed by atoms with E-state index in [0.29, 0.717) is 0 Å². The van der Waals surface area contributed by atoms with Crippen molar-refractivity contribution in [2.45, 2.75) is 12.3 Å². The van der Waals surface area contributed by atoms with Crippen LogP contribution in [0.2, 0.25) is 0 Å². The van der Waals surface area contributed by atoms with Crippen molar-refractivity contribution < 1.29 is 4.74 Å². The van der Waals surface area contributed by atoms with Gasteiger partial charge in [-0.15, -0.1) is 10.2 Å². The van der Waals surface area contributed by atoms with Crippen LogP contribution in [0.3, 0.4) is 0 Å². The van der Waals surface area contributed by atoms with Crippen molar-refractivity contribution in [2.75, 3.05) is 0 Å². The third-order valence-corrected chi connectivity index (χ3v) is 9.97. The van der Waals surface area contributed by atoms with E-state index in [2.05, 4.69) is 175 Å². The molecule has 0 atom stereocenters. The molecule has 7 aromatic rings. The normalized spacial score (nSPS) is 14.1. The van der Waals surface area contributed by atoms with E-state index < -0.39 is 5.41 Å². The van der Waals surface area contributed by atoms with Gasteiger partial charge >= 0.3 is 0 Å². The fourth-order valence-corrected chi connectivity index (χ4v) is 7.80. The molecule has 232 valence electrons. The Labute approximate surface area is 286 Å². The molecule has 1 aliphatic heterocycles. The summed E-state index contributed by atoms with van der Waals surface area (Å²) >= 11 is 0. The van der Waals surface area contributed by atoms with Gasteiger partial charge in [0.2, 0.25) is 0 Å². The third-order valence-electron chi connectivity index (χ3n) is 9.97. The second-order valence-electron chi connectivity index (χ2n) is 12.6. The number of fused-ring (bicyclic) bond motifs is 8. The van der Waals surface area contributed by atoms with Crippen LogP contribution in [0.5, 0.6) is 5.75 Å². The molecule has 0 bridgehead atoms. The largest absolute Gasteiger partial charge is 0.456 e. The van der Waals surface area contributed by atoms with Gasteiger partial charge in [-0.1, -0.05) is 152 Å². The lowest BCUT2D eigenvalue weighted by Crippen LogP contribution is -2.34. The van der Waals surface area contributed by atoms with E-state index in [9.17, 15) is 0 Å². The molecule has 2 aliphatic rings. The second-order valence-corrected chi connectivity index (χ2v) is 12.6. The molecule has 0 unspecified atom stereocenters. The van der Waals surface area contributed by atoms with Crippen molar-refractivity contribution in [3.05, 3.63) is 204 Å². The molecule has 1 aliphatic carbocycles. The lowest BCUT2D eigenvalue weighted by atomic mass is 9.65. The fourth-order valence-electron chi connectivity index (χ4n) is 7.80. The SMILES string of the molecule is C=C(C1=C(/C=C\C)C2(c3ccccc3O1)c1ccccc1-c1ccccc12)c1ccc(-c2ccc(-c3cccc4ccccc34)nn2)cc1. The predicted molar refractivity (Wildman–Crippen MR) is 200 cm³/mol. The average molecular weight is 629 g/mol. The second kappa shape index (κ2) is 11.4. The summed E-state index contributed by atoms with van der Waals surface area (Å²) in [7, 11) is 0. The monoisotopic (exact) mass is 628 g/mol. The molecular formula is C46H32N2O. The maximum Gasteiger partial charge on any atom is 0.139 e. The van der Waals surface area contributed by atoms with E-state index in [1.165, 1.54) is 33.0 Å². The highest BCUT2D eigenvalue weighted by Crippen LogP contribution is 2.61. The molecule has 0 saturated heterocycles. The molecule has 3 nitrogen and oxygen atoms in total. The van der Waals surface area contributed by atoms with Crippen LogP contribution in [-0.4, -0.2) is 10.2 Å². The minimum atomic E-state index is -0.547. The van der Waals surface area contributed by atoms with Crippen molar-refractivity contribution in [2.24, 2.45) is 0 Å². The van der Waals surface area contributed by atoms with Crippen LogP contribution in [0.15, 0.2) is 182 Å². The lowest BCUT2D eigenvalue weighted by molar-refractivity contribution is 0.407. The zero-order valence-electron chi connectivity index (χ0n) is 27.1. The summed E-state index contributed by atoms with van der Waals surface area (Å²) in [6.07, 6.45) is 4.31. The average Bonchev–Trinajstić information content (AvgIpc) is 3.46. The summed E-state index contributed by atoms with van der Waals surface area (Å²) in [4.78, 5) is 0. The molecule has 2 heterocycles. The summed E-state index contributed by atoms with van der Waals surface area (Å²) in [5.41, 5.74) is 12.2. The first-order chi connectivity index (χ1) is 24.2. The molecule has 49 heavy (non-hydrogen) atoms. The van der Waals surface area contributed by atoms with Crippen LogP contribution < -0.4 is 4.74 Å². The van der Waals surface area contributed by atoms with Crippen molar-refractivity contribution in [1.82, 2.24) is 10.2 Å². The summed E-state index contributed by atoms with van der Waals surface area (Å²) in [5, 5.41) is 11.6. The van der Waals surface area contributed by atoms with E-state index in [0.717, 1.165) is 56.3 Å². The summed E-state index contributed by atoms with van der Waals surface area (Å²) in [6, 6.07) is 53.1. The maximum atomic E-state index is 6.84. The molecule has 1 spiro atoms. The topological polar surface area (TPSA) is 35.0 Å². The number of aromatic nitrogens is 2. The lowest BCUT2D eigenvalue weighted by Gasteiger charge is -2.40. The number of ether oxygens (including phenoxy) is 1. The molecule has 0 radical (unpaired) electrons. The Balaban J connectivity index is 1.12. The zero-order chi connectivity index (χ0) is 33.0. The van der Waals surface area contributed by atoms with Gasteiger partial charge in [0.1, 0.15) is 11.5 Å². The number of benzene rings is 6. The van der Waals surface area contributed by atoms with Gasteiger partial charge in [0.25, 0.3) is 0 Å². The molecule has 0 N–H and O–H groups in total. The van der Waals surface area contributed by atoms with Gasteiger partial charge in [0.15, 0.2) is 0 Å². The van der Waals surface area contributed by atoms with Crippen LogP contribution in [0.1, 0.15) is 29.2 Å². The standard InChI is InChI=1S/C46H32N2O/c1-3-13-41-45(49-44-23-11-10-22-40(44)46(41)38-20-8-6-17-35(38)36-18-7-9-21-39(36)46)30(2)31-24-26-33(27-25-31)42-28-29-43(48-47-42)37-19-12-15-32-14-4-5-16-34(32)37/h3-29H,2H2,1H3/b13-3-. The molecule has 3 heteroatoms. The smallest absolute Gasteiger partial charge is 0.139 e. The molecular weight excluding hydrogens is 597 g/mol. The molecule has 0 amide bonds. The van der Waals surface area contributed by atoms with Gasteiger partial charge in [-0.25, -0.2) is 0 Å². The predicted octanol–water partition coefficient (Wildman–Crippen LogP) is 11.2. The first-order valence-electron chi connectivity index (χ1n) is 16.6. The third kappa shape index (κ3) is 4.36. The van der Waals surface area contributed by atoms with Gasteiger partial charge in [-0.3, -0.25) is 0 Å². The highest BCUT2D eigenvalue weighted by atomic mass is 16.5. The summed E-state index contributed by atoms with van der Waals surface area (Å²) in [5.74, 6) is 1.62. The van der Waals surface area contributed by atoms with Gasteiger partial charge in [-0.05, 0) is 63.7 Å². The van der Waals surface area contributed by atoms with Crippen LogP contribution in [-0.2, 0) is 5.41 Å². The Morgan fingerprint density at radius 2 is 1.18 bits per heavy atom. The Bertz CT molecular complexity index is 2430. The maximum absolute atomic E-state index is 6.84. The van der Waals surface area contributed by atoms with Crippen molar-refractivity contribution >= 4 is 16.3 Å². The number of allylic oxidation sites excluding steroid dienone is 4. The number of hydrogen-bond acceptors (Lipinski definition) is 3. The van der Waals surface area contributed by atoms with Crippen molar-refractivity contribution in [3.8, 4) is 39.4 Å². The highest BCUT2D eigenvalue weighted by molar-refractivity contribution is 5.96. The van der Waals surface area contributed by atoms with Crippen LogP contribution in [0.4, 0.5) is 0 Å². The molecule has 1 aromatic heterocycles. The Morgan fingerprint density at radius 3 is 1.90 bits per heavy atom. The quantitative estimate of drug-likeness (QED) is 0.190. The summed E-state index contributed by atoms with van der Waals surface area (Å²) < 4.78 is 6.84. The molecule has 9 rings (SSSR count). The Morgan fingerprint density at radius 1 is 0.592 bits per heavy atom. The number of para-hydroxylation sites is 1. The first-order valence-corrected chi connectivity index (χ1v) is 16.6. The summed E-state index contributed by atoms with van der Waals surface area (Å²) in [6.45, 7) is 6.71. The number of nitrogens with zero attached hydrogens (tertiary/aromatic N) is 2. The first kappa shape index (κ1) is 28.9. The Hall–Kier alpha value is -6.32. The molecule has 0 saturated carbocycles. The number of hydrogen-bond donors (Lipinski definition) is 0. The fraction of sp³-hybridized carbons (Fsp3) is 0.0435. The van der Waals surface area contributed by atoms with E-state index in [1.807, 2.05) is 12.1 Å². The van der Waals surface area contributed by atoms with Gasteiger partial charge < -0.3 is 4.74 Å². The van der Waals surface area contributed by atoms with Crippen LogP contribution in [0.25, 0.3) is 50.0 Å². The van der Waals surface area contributed by atoms with E-state index in [-0.39, 0.29) is 0 Å². The zero-order valence-corrected chi connectivity index (χ0v) is 27.1. The van der Waals surface area contributed by atoms with Crippen molar-refractivity contribution in [3.63, 3.8) is 0 Å². The van der Waals surface area contributed by atoms with E-state index in [4.69, 9.17) is 4.74 Å². The van der Waals surface area contributed by atoms with E-state index in [1.54, 1.807) is 0 Å². The van der Waals surface area contributed by atoms with Gasteiger partial charge in [0.05, 0.1) is 16.8 Å². The minimum absolute atomic E-state index is 0.547. The molecule has 6 aromatic carbocycles. The van der Waals surface area contributed by atoms with Crippen LogP contribution >= 0.6 is 0 Å². The highest BCUT2D eigenvalue weighted by Gasteiger charge is 2.51. The van der Waals surface area contributed by atoms with E-state index >= 15 is 0 Å². The molecule has 0 fully saturated rings. The minimum Gasteiger partial charge on any atom is -0.456 e. The number of rotatable bonds is 5.